The molecule has 2 atom stereocenters. The molecule has 3 amide bonds. The molecular formula is C24H37N5O6. The van der Waals surface area contributed by atoms with Crippen LogP contribution in [0.1, 0.15) is 46.5 Å². The Bertz CT molecular complexity index is 952. The molecule has 1 rings (SSSR count). The molecule has 11 heteroatoms. The number of amides is 3. The lowest BCUT2D eigenvalue weighted by Crippen LogP contribution is -2.49. The zero-order chi connectivity index (χ0) is 26.4. The summed E-state index contributed by atoms with van der Waals surface area (Å²) in [6.45, 7) is 5.92. The van der Waals surface area contributed by atoms with Crippen LogP contribution < -0.4 is 27.2 Å². The van der Waals surface area contributed by atoms with E-state index >= 15 is 0 Å². The molecule has 1 aromatic heterocycles. The van der Waals surface area contributed by atoms with E-state index < -0.39 is 35.4 Å². The molecule has 0 fully saturated rings. The Kier molecular flexibility index (Phi) is 13.0. The number of rotatable bonds is 14. The number of hydrogen-bond acceptors (Lipinski definition) is 7. The van der Waals surface area contributed by atoms with Gasteiger partial charge in [-0.1, -0.05) is 32.8 Å². The van der Waals surface area contributed by atoms with Gasteiger partial charge in [-0.25, -0.2) is 4.79 Å². The Balaban J connectivity index is 2.91. The smallest absolute Gasteiger partial charge is 0.330 e. The number of nitrogens with zero attached hydrogens (tertiary/aromatic N) is 1. The van der Waals surface area contributed by atoms with Crippen LogP contribution in [0.25, 0.3) is 0 Å². The second kappa shape index (κ2) is 15.4. The Morgan fingerprint density at radius 3 is 2.46 bits per heavy atom. The van der Waals surface area contributed by atoms with Crippen molar-refractivity contribution >= 4 is 29.4 Å². The highest BCUT2D eigenvalue weighted by Gasteiger charge is 2.23. The first-order valence-corrected chi connectivity index (χ1v) is 11.7. The largest absolute Gasteiger partial charge is 0.466 e. The summed E-state index contributed by atoms with van der Waals surface area (Å²) in [4.78, 5) is 61.3. The quantitative estimate of drug-likeness (QED) is 0.220. The zero-order valence-electron chi connectivity index (χ0n) is 20.8. The molecule has 194 valence electrons. The first-order chi connectivity index (χ1) is 16.6. The number of allylic oxidation sites excluding steroid dienone is 1. The predicted molar refractivity (Wildman–Crippen MR) is 132 cm³/mol. The Labute approximate surface area is 205 Å². The Morgan fingerprint density at radius 2 is 1.86 bits per heavy atom. The van der Waals surface area contributed by atoms with Gasteiger partial charge in [-0.3, -0.25) is 19.2 Å². The number of carbonyl (C=O) groups excluding carboxylic acids is 4. The summed E-state index contributed by atoms with van der Waals surface area (Å²) in [5.74, 6) is -1.64. The Morgan fingerprint density at radius 1 is 1.17 bits per heavy atom. The number of ether oxygens (including phenoxy) is 1. The topological polar surface area (TPSA) is 162 Å². The van der Waals surface area contributed by atoms with E-state index in [-0.39, 0.29) is 31.0 Å². The number of pyridine rings is 1. The van der Waals surface area contributed by atoms with Gasteiger partial charge in [0, 0.05) is 18.8 Å². The fraction of sp³-hybridized carbons (Fsp3) is 0.542. The van der Waals surface area contributed by atoms with Crippen LogP contribution in [-0.4, -0.2) is 54.0 Å². The lowest BCUT2D eigenvalue weighted by Gasteiger charge is -2.19. The van der Waals surface area contributed by atoms with Crippen molar-refractivity contribution in [1.29, 1.82) is 0 Å². The van der Waals surface area contributed by atoms with Gasteiger partial charge in [0.1, 0.15) is 18.3 Å². The van der Waals surface area contributed by atoms with E-state index in [9.17, 15) is 24.0 Å². The van der Waals surface area contributed by atoms with E-state index in [0.717, 1.165) is 12.8 Å². The molecule has 1 unspecified atom stereocenters. The highest BCUT2D eigenvalue weighted by atomic mass is 16.5. The van der Waals surface area contributed by atoms with Gasteiger partial charge in [-0.15, -0.1) is 0 Å². The van der Waals surface area contributed by atoms with Gasteiger partial charge in [-0.05, 0) is 37.8 Å². The van der Waals surface area contributed by atoms with Gasteiger partial charge in [-0.2, -0.15) is 0 Å². The van der Waals surface area contributed by atoms with Crippen molar-refractivity contribution in [2.24, 2.45) is 11.7 Å². The van der Waals surface area contributed by atoms with Crippen LogP contribution in [-0.2, 0) is 30.5 Å². The van der Waals surface area contributed by atoms with E-state index in [1.807, 2.05) is 0 Å². The minimum atomic E-state index is -1.01. The molecule has 11 nitrogen and oxygen atoms in total. The first-order valence-electron chi connectivity index (χ1n) is 11.7. The molecule has 35 heavy (non-hydrogen) atoms. The molecule has 0 aliphatic heterocycles. The predicted octanol–water partition coefficient (Wildman–Crippen LogP) is 0.681. The normalized spacial score (nSPS) is 12.7. The second-order valence-corrected chi connectivity index (χ2v) is 8.18. The number of esters is 1. The highest BCUT2D eigenvalue weighted by Crippen LogP contribution is 2.07. The number of carbonyl (C=O) groups is 4. The molecule has 0 aliphatic carbocycles. The molecule has 1 aromatic rings. The Hall–Kier alpha value is -3.47. The van der Waals surface area contributed by atoms with E-state index in [1.54, 1.807) is 6.07 Å². The van der Waals surface area contributed by atoms with Crippen molar-refractivity contribution in [3.63, 3.8) is 0 Å². The fourth-order valence-corrected chi connectivity index (χ4v) is 3.10. The third-order valence-electron chi connectivity index (χ3n) is 5.46. The minimum absolute atomic E-state index is 0.0320. The third-order valence-corrected chi connectivity index (χ3v) is 5.46. The molecule has 0 radical (unpaired) electrons. The average Bonchev–Trinajstić information content (AvgIpc) is 2.83. The van der Waals surface area contributed by atoms with E-state index in [0.29, 0.717) is 12.5 Å². The minimum Gasteiger partial charge on any atom is -0.466 e. The molecular weight excluding hydrogens is 454 g/mol. The monoisotopic (exact) mass is 491 g/mol. The lowest BCUT2D eigenvalue weighted by molar-refractivity contribution is -0.134. The number of hydrogen-bond donors (Lipinski definition) is 4. The van der Waals surface area contributed by atoms with Gasteiger partial charge in [0.05, 0.1) is 13.2 Å². The summed E-state index contributed by atoms with van der Waals surface area (Å²) in [5.41, 5.74) is 5.00. The summed E-state index contributed by atoms with van der Waals surface area (Å²) in [6, 6.07) is 1.11. The van der Waals surface area contributed by atoms with Crippen molar-refractivity contribution in [3.8, 4) is 0 Å². The van der Waals surface area contributed by atoms with E-state index in [2.05, 4.69) is 34.5 Å². The number of methoxy groups -OCH3 is 1. The number of nitrogens with one attached hydrogen (secondary N) is 3. The van der Waals surface area contributed by atoms with Crippen molar-refractivity contribution in [2.45, 2.75) is 65.1 Å². The maximum Gasteiger partial charge on any atom is 0.330 e. The molecule has 5 N–H and O–H groups in total. The highest BCUT2D eigenvalue weighted by molar-refractivity contribution is 5.97. The number of aromatic nitrogens is 1. The summed E-state index contributed by atoms with van der Waals surface area (Å²) < 4.78 is 5.71. The van der Waals surface area contributed by atoms with Crippen LogP contribution in [0.15, 0.2) is 35.3 Å². The number of anilines is 1. The first kappa shape index (κ1) is 29.6. The standard InChI is InChI=1S/C24H37N5O6/c1-5-17(6-2)14-26-20(30)15-29-13-9-11-19(24(29)34)28-23(33)18(27-22(32)16(3)25)10-7-8-12-21(31)35-4/h8-9,11-13,16-18H,5-7,10,14-15,25H2,1-4H3,(H,26,30)(H,27,32)(H,28,33)/b12-8+/t16?,18-/m0/s1. The van der Waals surface area contributed by atoms with Gasteiger partial charge in [0.25, 0.3) is 5.56 Å². The number of nitrogens with two attached hydrogens (primary N) is 1. The average molecular weight is 492 g/mol. The maximum absolute atomic E-state index is 12.9. The second-order valence-electron chi connectivity index (χ2n) is 8.18. The molecule has 0 spiro atoms. The van der Waals surface area contributed by atoms with Crippen molar-refractivity contribution in [2.75, 3.05) is 19.0 Å². The molecule has 0 bridgehead atoms. The zero-order valence-corrected chi connectivity index (χ0v) is 20.8. The van der Waals surface area contributed by atoms with Gasteiger partial charge < -0.3 is 31.0 Å². The molecule has 0 aromatic carbocycles. The van der Waals surface area contributed by atoms with Gasteiger partial charge in [0.2, 0.25) is 17.7 Å². The molecule has 0 saturated heterocycles. The summed E-state index contributed by atoms with van der Waals surface area (Å²) in [5, 5.41) is 7.89. The van der Waals surface area contributed by atoms with Crippen molar-refractivity contribution in [1.82, 2.24) is 15.2 Å². The van der Waals surface area contributed by atoms with Gasteiger partial charge in [0.15, 0.2) is 0 Å². The lowest BCUT2D eigenvalue weighted by atomic mass is 10.0. The van der Waals surface area contributed by atoms with Crippen LogP contribution in [0, 0.1) is 5.92 Å². The van der Waals surface area contributed by atoms with Crippen LogP contribution in [0.5, 0.6) is 0 Å². The SMILES string of the molecule is CCC(CC)CNC(=O)Cn1cccc(NC(=O)[C@H](CC/C=C/C(=O)OC)NC(=O)C(C)N)c1=O. The summed E-state index contributed by atoms with van der Waals surface area (Å²) in [7, 11) is 1.25. The van der Waals surface area contributed by atoms with Crippen molar-refractivity contribution < 1.29 is 23.9 Å². The van der Waals surface area contributed by atoms with E-state index in [4.69, 9.17) is 5.73 Å². The third kappa shape index (κ3) is 10.6. The summed E-state index contributed by atoms with van der Waals surface area (Å²) >= 11 is 0. The van der Waals surface area contributed by atoms with Crippen LogP contribution in [0.4, 0.5) is 5.69 Å². The van der Waals surface area contributed by atoms with Crippen LogP contribution in [0.3, 0.4) is 0 Å². The van der Waals surface area contributed by atoms with Crippen molar-refractivity contribution in [3.05, 3.63) is 40.8 Å². The summed E-state index contributed by atoms with van der Waals surface area (Å²) in [6.07, 6.45) is 6.50. The molecule has 0 saturated carbocycles. The molecule has 0 aliphatic rings. The fourth-order valence-electron chi connectivity index (χ4n) is 3.10. The van der Waals surface area contributed by atoms with Crippen LogP contribution in [0.2, 0.25) is 0 Å². The van der Waals surface area contributed by atoms with E-state index in [1.165, 1.54) is 43.0 Å². The van der Waals surface area contributed by atoms with Crippen LogP contribution >= 0.6 is 0 Å². The van der Waals surface area contributed by atoms with Gasteiger partial charge >= 0.3 is 5.97 Å². The maximum atomic E-state index is 12.9. The molecule has 1 heterocycles.